The summed E-state index contributed by atoms with van der Waals surface area (Å²) in [5, 5.41) is 2.01. The highest BCUT2D eigenvalue weighted by Crippen LogP contribution is 2.29. The molecule has 2 N–H and O–H groups in total. The highest BCUT2D eigenvalue weighted by Gasteiger charge is 2.17. The maximum absolute atomic E-state index is 12.5. The van der Waals surface area contributed by atoms with Crippen LogP contribution in [0.1, 0.15) is 15.4 Å². The average Bonchev–Trinajstić information content (AvgIpc) is 3.19. The lowest BCUT2D eigenvalue weighted by Gasteiger charge is -2.10. The van der Waals surface area contributed by atoms with E-state index in [1.165, 1.54) is 11.3 Å². The molecule has 0 fully saturated rings. The molecule has 4 aromatic rings. The van der Waals surface area contributed by atoms with E-state index >= 15 is 0 Å². The second kappa shape index (κ2) is 9.11. The number of carbonyl (C=O) groups excluding carboxylic acids is 2. The van der Waals surface area contributed by atoms with Gasteiger partial charge in [-0.1, -0.05) is 41.9 Å². The molecule has 9 heteroatoms. The number of halogens is 1. The van der Waals surface area contributed by atoms with E-state index in [0.29, 0.717) is 26.9 Å². The number of amides is 2. The molecule has 4 rings (SSSR count). The van der Waals surface area contributed by atoms with Crippen LogP contribution < -0.4 is 15.6 Å². The van der Waals surface area contributed by atoms with Gasteiger partial charge in [-0.05, 0) is 31.2 Å². The third-order valence-electron chi connectivity index (χ3n) is 4.38. The lowest BCUT2D eigenvalue weighted by Crippen LogP contribution is -2.43. The second-order valence-corrected chi connectivity index (χ2v) is 7.94. The standard InChI is InChI=1S/C22H17ClN4O3S/c1-13-20(31-22(25-13)14-6-3-2-4-7-14)21(29)27-26-18(28)12-30-17-10-9-16(23)15-8-5-11-24-19(15)17/h2-11H,12H2,1H3,(H,26,28)(H,27,29). The second-order valence-electron chi connectivity index (χ2n) is 6.54. The SMILES string of the molecule is Cc1nc(-c2ccccc2)sc1C(=O)NNC(=O)COc1ccc(Cl)c2cccnc12. The highest BCUT2D eigenvalue weighted by atomic mass is 35.5. The number of aromatic nitrogens is 2. The number of hydrogen-bond acceptors (Lipinski definition) is 6. The number of hydrogen-bond donors (Lipinski definition) is 2. The van der Waals surface area contributed by atoms with Crippen molar-refractivity contribution in [2.24, 2.45) is 0 Å². The number of nitrogens with zero attached hydrogens (tertiary/aromatic N) is 2. The number of rotatable bonds is 5. The van der Waals surface area contributed by atoms with Crippen molar-refractivity contribution < 1.29 is 14.3 Å². The van der Waals surface area contributed by atoms with E-state index in [0.717, 1.165) is 16.0 Å². The van der Waals surface area contributed by atoms with Crippen LogP contribution >= 0.6 is 22.9 Å². The smallest absolute Gasteiger partial charge is 0.281 e. The van der Waals surface area contributed by atoms with E-state index in [4.69, 9.17) is 16.3 Å². The van der Waals surface area contributed by atoms with Crippen molar-refractivity contribution in [3.63, 3.8) is 0 Å². The van der Waals surface area contributed by atoms with E-state index in [-0.39, 0.29) is 6.61 Å². The molecule has 0 bridgehead atoms. The van der Waals surface area contributed by atoms with Crippen LogP contribution in [0.4, 0.5) is 0 Å². The number of aryl methyl sites for hydroxylation is 1. The minimum absolute atomic E-state index is 0.301. The first-order chi connectivity index (χ1) is 15.0. The van der Waals surface area contributed by atoms with Gasteiger partial charge in [-0.25, -0.2) is 4.98 Å². The molecular formula is C22H17ClN4O3S. The maximum Gasteiger partial charge on any atom is 0.281 e. The number of carbonyl (C=O) groups is 2. The molecule has 0 saturated carbocycles. The molecule has 0 saturated heterocycles. The predicted octanol–water partition coefficient (Wildman–Crippen LogP) is 4.16. The fraction of sp³-hybridized carbons (Fsp3) is 0.0909. The summed E-state index contributed by atoms with van der Waals surface area (Å²) >= 11 is 7.42. The van der Waals surface area contributed by atoms with Crippen LogP contribution in [-0.2, 0) is 4.79 Å². The summed E-state index contributed by atoms with van der Waals surface area (Å²) in [5.74, 6) is -0.533. The Kier molecular flexibility index (Phi) is 6.11. The van der Waals surface area contributed by atoms with E-state index in [1.807, 2.05) is 36.4 Å². The molecule has 0 radical (unpaired) electrons. The van der Waals surface area contributed by atoms with Gasteiger partial charge in [-0.3, -0.25) is 25.4 Å². The molecule has 2 amide bonds. The number of ether oxygens (including phenoxy) is 1. The van der Waals surface area contributed by atoms with Crippen molar-refractivity contribution in [2.75, 3.05) is 6.61 Å². The van der Waals surface area contributed by atoms with Crippen LogP contribution in [-0.4, -0.2) is 28.4 Å². The van der Waals surface area contributed by atoms with Crippen molar-refractivity contribution >= 4 is 45.7 Å². The van der Waals surface area contributed by atoms with Crippen LogP contribution in [0.2, 0.25) is 5.02 Å². The molecule has 0 aliphatic heterocycles. The molecule has 31 heavy (non-hydrogen) atoms. The van der Waals surface area contributed by atoms with Crippen LogP contribution in [0.5, 0.6) is 5.75 Å². The van der Waals surface area contributed by atoms with Gasteiger partial charge in [0.15, 0.2) is 6.61 Å². The molecule has 2 heterocycles. The molecule has 7 nitrogen and oxygen atoms in total. The third-order valence-corrected chi connectivity index (χ3v) is 5.91. The maximum atomic E-state index is 12.5. The van der Waals surface area contributed by atoms with Crippen molar-refractivity contribution in [1.82, 2.24) is 20.8 Å². The number of thiazole rings is 1. The third kappa shape index (κ3) is 4.65. The van der Waals surface area contributed by atoms with Crippen molar-refractivity contribution in [1.29, 1.82) is 0 Å². The zero-order valence-corrected chi connectivity index (χ0v) is 18.0. The fourth-order valence-electron chi connectivity index (χ4n) is 2.90. The molecule has 0 unspecified atom stereocenters. The van der Waals surface area contributed by atoms with Gasteiger partial charge in [0.25, 0.3) is 11.8 Å². The Morgan fingerprint density at radius 3 is 2.68 bits per heavy atom. The Morgan fingerprint density at radius 2 is 1.87 bits per heavy atom. The Balaban J connectivity index is 1.36. The van der Waals surface area contributed by atoms with Crippen molar-refractivity contribution in [3.05, 3.63) is 76.4 Å². The molecule has 0 atom stereocenters. The predicted molar refractivity (Wildman–Crippen MR) is 120 cm³/mol. The Hall–Kier alpha value is -3.49. The quantitative estimate of drug-likeness (QED) is 0.443. The van der Waals surface area contributed by atoms with E-state index in [9.17, 15) is 9.59 Å². The summed E-state index contributed by atoms with van der Waals surface area (Å²) in [7, 11) is 0. The Bertz CT molecular complexity index is 1260. The number of pyridine rings is 1. The van der Waals surface area contributed by atoms with E-state index in [2.05, 4.69) is 20.8 Å². The van der Waals surface area contributed by atoms with Gasteiger partial charge >= 0.3 is 0 Å². The number of benzene rings is 2. The van der Waals surface area contributed by atoms with Crippen LogP contribution in [0, 0.1) is 6.92 Å². The molecule has 2 aromatic carbocycles. The van der Waals surface area contributed by atoms with E-state index in [1.54, 1.807) is 31.3 Å². The lowest BCUT2D eigenvalue weighted by atomic mass is 10.2. The monoisotopic (exact) mass is 452 g/mol. The van der Waals surface area contributed by atoms with Crippen LogP contribution in [0.3, 0.4) is 0 Å². The number of fused-ring (bicyclic) bond motifs is 1. The zero-order chi connectivity index (χ0) is 21.8. The summed E-state index contributed by atoms with van der Waals surface area (Å²) in [4.78, 5) is 33.8. The Morgan fingerprint density at radius 1 is 1.06 bits per heavy atom. The highest BCUT2D eigenvalue weighted by molar-refractivity contribution is 7.17. The summed E-state index contributed by atoms with van der Waals surface area (Å²) < 4.78 is 5.57. The van der Waals surface area contributed by atoms with Gasteiger partial charge in [0.1, 0.15) is 21.2 Å². The van der Waals surface area contributed by atoms with Crippen molar-refractivity contribution in [2.45, 2.75) is 6.92 Å². The summed E-state index contributed by atoms with van der Waals surface area (Å²) in [6.07, 6.45) is 1.62. The first-order valence-electron chi connectivity index (χ1n) is 9.31. The molecule has 0 aliphatic rings. The Labute approximate surface area is 187 Å². The minimum Gasteiger partial charge on any atom is -0.481 e. The van der Waals surface area contributed by atoms with Gasteiger partial charge in [0.2, 0.25) is 0 Å². The van der Waals surface area contributed by atoms with Crippen LogP contribution in [0.15, 0.2) is 60.8 Å². The van der Waals surface area contributed by atoms with Gasteiger partial charge in [0, 0.05) is 17.1 Å². The minimum atomic E-state index is -0.516. The van der Waals surface area contributed by atoms with Gasteiger partial charge < -0.3 is 4.74 Å². The van der Waals surface area contributed by atoms with E-state index < -0.39 is 11.8 Å². The van der Waals surface area contributed by atoms with Crippen LogP contribution in [0.25, 0.3) is 21.5 Å². The largest absolute Gasteiger partial charge is 0.481 e. The summed E-state index contributed by atoms with van der Waals surface area (Å²) in [5.41, 5.74) is 6.83. The van der Waals surface area contributed by atoms with Gasteiger partial charge in [-0.15, -0.1) is 11.3 Å². The molecule has 156 valence electrons. The van der Waals surface area contributed by atoms with Gasteiger partial charge in [0.05, 0.1) is 10.7 Å². The molecule has 2 aromatic heterocycles. The topological polar surface area (TPSA) is 93.2 Å². The molecule has 0 aliphatic carbocycles. The molecular weight excluding hydrogens is 436 g/mol. The number of hydrazine groups is 1. The number of nitrogens with one attached hydrogen (secondary N) is 2. The first-order valence-corrected chi connectivity index (χ1v) is 10.5. The first kappa shape index (κ1) is 20.8. The van der Waals surface area contributed by atoms with Gasteiger partial charge in [-0.2, -0.15) is 0 Å². The van der Waals surface area contributed by atoms with Crippen molar-refractivity contribution in [3.8, 4) is 16.3 Å². The normalized spacial score (nSPS) is 10.6. The lowest BCUT2D eigenvalue weighted by molar-refractivity contribution is -0.123. The zero-order valence-electron chi connectivity index (χ0n) is 16.4. The average molecular weight is 453 g/mol. The fourth-order valence-corrected chi connectivity index (χ4v) is 4.08. The summed E-state index contributed by atoms with van der Waals surface area (Å²) in [6.45, 7) is 1.45. The summed E-state index contributed by atoms with van der Waals surface area (Å²) in [6, 6.07) is 16.5. The molecule has 0 spiro atoms.